The summed E-state index contributed by atoms with van der Waals surface area (Å²) in [4.78, 5) is 37.9. The van der Waals surface area contributed by atoms with Crippen LogP contribution in [0.3, 0.4) is 0 Å². The average molecular weight is 496 g/mol. The number of hydrogen-bond acceptors (Lipinski definition) is 6. The van der Waals surface area contributed by atoms with Gasteiger partial charge in [0.2, 0.25) is 5.95 Å². The maximum atomic E-state index is 12.7. The maximum absolute atomic E-state index is 12.7. The van der Waals surface area contributed by atoms with Crippen molar-refractivity contribution in [2.24, 2.45) is 0 Å². The first-order valence-electron chi connectivity index (χ1n) is 11.8. The number of carbonyl (C=O) groups excluding carboxylic acids is 2. The van der Waals surface area contributed by atoms with Crippen molar-refractivity contribution >= 4 is 29.3 Å². The van der Waals surface area contributed by atoms with Crippen LogP contribution in [-0.4, -0.2) is 26.9 Å². The van der Waals surface area contributed by atoms with Crippen molar-refractivity contribution < 1.29 is 9.59 Å². The number of hydrogen-bond donors (Lipinski definition) is 4. The third-order valence-corrected chi connectivity index (χ3v) is 5.66. The number of carbonyl (C=O) groups is 2. The lowest BCUT2D eigenvalue weighted by atomic mass is 9.87. The third kappa shape index (κ3) is 6.66. The second-order valence-corrected chi connectivity index (χ2v) is 9.52. The van der Waals surface area contributed by atoms with Crippen molar-refractivity contribution in [1.82, 2.24) is 25.8 Å². The van der Waals surface area contributed by atoms with E-state index in [1.165, 1.54) is 0 Å². The molecule has 0 aliphatic carbocycles. The Morgan fingerprint density at radius 2 is 1.68 bits per heavy atom. The fourth-order valence-electron chi connectivity index (χ4n) is 3.51. The SMILES string of the molecule is Cc1ccc(C(=O)NNC(=O)Nc2ccc(C(C)(C)C)cc2)cc1Nc1nccc(-c2cccnc2)n1. The van der Waals surface area contributed by atoms with Gasteiger partial charge in [0.15, 0.2) is 0 Å². The molecule has 0 unspecified atom stereocenters. The van der Waals surface area contributed by atoms with E-state index in [-0.39, 0.29) is 5.41 Å². The van der Waals surface area contributed by atoms with Crippen molar-refractivity contribution in [2.45, 2.75) is 33.1 Å². The molecule has 2 heterocycles. The average Bonchev–Trinajstić information content (AvgIpc) is 2.89. The van der Waals surface area contributed by atoms with E-state index in [1.807, 2.05) is 43.3 Å². The molecule has 2 aromatic carbocycles. The zero-order valence-corrected chi connectivity index (χ0v) is 21.2. The van der Waals surface area contributed by atoms with Gasteiger partial charge < -0.3 is 10.6 Å². The Balaban J connectivity index is 1.38. The molecule has 37 heavy (non-hydrogen) atoms. The lowest BCUT2D eigenvalue weighted by Crippen LogP contribution is -2.43. The molecule has 4 N–H and O–H groups in total. The number of amides is 3. The summed E-state index contributed by atoms with van der Waals surface area (Å²) in [7, 11) is 0. The van der Waals surface area contributed by atoms with Crippen LogP contribution in [0.25, 0.3) is 11.3 Å². The molecule has 0 spiro atoms. The van der Waals surface area contributed by atoms with Crippen LogP contribution in [0, 0.1) is 6.92 Å². The Kier molecular flexibility index (Phi) is 7.43. The molecule has 4 aromatic rings. The van der Waals surface area contributed by atoms with Crippen LogP contribution in [0.1, 0.15) is 42.3 Å². The molecule has 9 nitrogen and oxygen atoms in total. The van der Waals surface area contributed by atoms with Gasteiger partial charge in [-0.15, -0.1) is 0 Å². The minimum absolute atomic E-state index is 0.0187. The lowest BCUT2D eigenvalue weighted by molar-refractivity contribution is 0.0938. The largest absolute Gasteiger partial charge is 0.337 e. The molecular formula is C28H29N7O2. The Labute approximate surface area is 215 Å². The molecule has 2 aromatic heterocycles. The van der Waals surface area contributed by atoms with Crippen LogP contribution in [-0.2, 0) is 5.41 Å². The van der Waals surface area contributed by atoms with Crippen LogP contribution in [0.4, 0.5) is 22.1 Å². The highest BCUT2D eigenvalue weighted by atomic mass is 16.2. The summed E-state index contributed by atoms with van der Waals surface area (Å²) < 4.78 is 0. The molecule has 3 amide bonds. The van der Waals surface area contributed by atoms with Crippen LogP contribution in [0.5, 0.6) is 0 Å². The van der Waals surface area contributed by atoms with Gasteiger partial charge in [-0.25, -0.2) is 20.2 Å². The Hall–Kier alpha value is -4.79. The summed E-state index contributed by atoms with van der Waals surface area (Å²) in [5.41, 5.74) is 10.1. The van der Waals surface area contributed by atoms with E-state index in [4.69, 9.17) is 0 Å². The summed E-state index contributed by atoms with van der Waals surface area (Å²) in [6.07, 6.45) is 5.08. The highest BCUT2D eigenvalue weighted by Gasteiger charge is 2.14. The van der Waals surface area contributed by atoms with Crippen molar-refractivity contribution in [3.63, 3.8) is 0 Å². The molecule has 0 atom stereocenters. The topological polar surface area (TPSA) is 121 Å². The zero-order valence-electron chi connectivity index (χ0n) is 21.2. The molecular weight excluding hydrogens is 466 g/mol. The molecule has 9 heteroatoms. The summed E-state index contributed by atoms with van der Waals surface area (Å²) in [6.45, 7) is 8.27. The monoisotopic (exact) mass is 495 g/mol. The van der Waals surface area contributed by atoms with Crippen molar-refractivity contribution in [3.05, 3.63) is 95.9 Å². The number of benzene rings is 2. The van der Waals surface area contributed by atoms with E-state index < -0.39 is 11.9 Å². The second kappa shape index (κ2) is 10.9. The lowest BCUT2D eigenvalue weighted by Gasteiger charge is -2.19. The van der Waals surface area contributed by atoms with Gasteiger partial charge in [-0.1, -0.05) is 39.0 Å². The summed E-state index contributed by atoms with van der Waals surface area (Å²) >= 11 is 0. The van der Waals surface area contributed by atoms with E-state index in [9.17, 15) is 9.59 Å². The number of anilines is 3. The number of hydrazine groups is 1. The normalized spacial score (nSPS) is 10.9. The molecule has 4 rings (SSSR count). The number of nitrogens with one attached hydrogen (secondary N) is 4. The number of aromatic nitrogens is 3. The van der Waals surface area contributed by atoms with Gasteiger partial charge in [0.05, 0.1) is 5.69 Å². The number of urea groups is 1. The highest BCUT2D eigenvalue weighted by molar-refractivity contribution is 5.98. The van der Waals surface area contributed by atoms with Crippen LogP contribution < -0.4 is 21.5 Å². The van der Waals surface area contributed by atoms with Crippen molar-refractivity contribution in [3.8, 4) is 11.3 Å². The molecule has 0 saturated carbocycles. The Bertz CT molecular complexity index is 1400. The Morgan fingerprint density at radius 1 is 0.892 bits per heavy atom. The predicted molar refractivity (Wildman–Crippen MR) is 144 cm³/mol. The molecule has 0 radical (unpaired) electrons. The van der Waals surface area contributed by atoms with E-state index in [0.29, 0.717) is 22.9 Å². The van der Waals surface area contributed by atoms with Gasteiger partial charge in [0.25, 0.3) is 5.91 Å². The van der Waals surface area contributed by atoms with Gasteiger partial charge in [-0.3, -0.25) is 15.2 Å². The van der Waals surface area contributed by atoms with Gasteiger partial charge in [-0.2, -0.15) is 0 Å². The standard InChI is InChI=1S/C28H29N7O2/c1-18-7-8-19(16-24(18)33-26-30-15-13-23(32-26)20-6-5-14-29-17-20)25(36)34-35-27(37)31-22-11-9-21(10-12-22)28(2,3)4/h5-17H,1-4H3,(H,34,36)(H,30,32,33)(H2,31,35,37). The second-order valence-electron chi connectivity index (χ2n) is 9.52. The first-order valence-corrected chi connectivity index (χ1v) is 11.8. The summed E-state index contributed by atoms with van der Waals surface area (Å²) in [5, 5.41) is 5.87. The van der Waals surface area contributed by atoms with E-state index >= 15 is 0 Å². The maximum Gasteiger partial charge on any atom is 0.337 e. The number of nitrogens with zero attached hydrogens (tertiary/aromatic N) is 3. The van der Waals surface area contributed by atoms with E-state index in [1.54, 1.807) is 42.9 Å². The summed E-state index contributed by atoms with van der Waals surface area (Å²) in [5.74, 6) is -0.0803. The van der Waals surface area contributed by atoms with Gasteiger partial charge in [0.1, 0.15) is 0 Å². The highest BCUT2D eigenvalue weighted by Crippen LogP contribution is 2.24. The molecule has 0 aliphatic rings. The predicted octanol–water partition coefficient (Wildman–Crippen LogP) is 5.35. The third-order valence-electron chi connectivity index (χ3n) is 5.66. The van der Waals surface area contributed by atoms with E-state index in [2.05, 4.69) is 57.2 Å². The minimum atomic E-state index is -0.553. The zero-order chi connectivity index (χ0) is 26.4. The van der Waals surface area contributed by atoms with Crippen molar-refractivity contribution in [2.75, 3.05) is 10.6 Å². The summed E-state index contributed by atoms with van der Waals surface area (Å²) in [6, 6.07) is 17.7. The number of pyridine rings is 1. The first-order chi connectivity index (χ1) is 17.7. The van der Waals surface area contributed by atoms with E-state index in [0.717, 1.165) is 22.4 Å². The van der Waals surface area contributed by atoms with Crippen LogP contribution in [0.15, 0.2) is 79.3 Å². The van der Waals surface area contributed by atoms with Gasteiger partial charge in [0, 0.05) is 41.1 Å². The molecule has 0 saturated heterocycles. The molecule has 0 bridgehead atoms. The quantitative estimate of drug-likeness (QED) is 0.277. The van der Waals surface area contributed by atoms with Gasteiger partial charge in [-0.05, 0) is 65.9 Å². The fraction of sp³-hybridized carbons (Fsp3) is 0.179. The van der Waals surface area contributed by atoms with Crippen LogP contribution in [0.2, 0.25) is 0 Å². The molecule has 0 aliphatic heterocycles. The number of rotatable bonds is 5. The Morgan fingerprint density at radius 3 is 2.38 bits per heavy atom. The number of aryl methyl sites for hydroxylation is 1. The van der Waals surface area contributed by atoms with Crippen molar-refractivity contribution in [1.29, 1.82) is 0 Å². The smallest absolute Gasteiger partial charge is 0.324 e. The first kappa shape index (κ1) is 25.3. The van der Waals surface area contributed by atoms with Crippen LogP contribution >= 0.6 is 0 Å². The molecule has 0 fully saturated rings. The molecule has 188 valence electrons. The van der Waals surface area contributed by atoms with Gasteiger partial charge >= 0.3 is 6.03 Å². The minimum Gasteiger partial charge on any atom is -0.324 e. The fourth-order valence-corrected chi connectivity index (χ4v) is 3.51.